The quantitative estimate of drug-likeness (QED) is 0.245. The number of rotatable bonds is 19. The van der Waals surface area contributed by atoms with Crippen molar-refractivity contribution in [1.82, 2.24) is 10.2 Å². The first kappa shape index (κ1) is 26.9. The molecule has 1 atom stereocenters. The maximum Gasteiger partial charge on any atom is 0.222 e. The summed E-state index contributed by atoms with van der Waals surface area (Å²) >= 11 is 0. The Morgan fingerprint density at radius 2 is 1.67 bits per heavy atom. The molecule has 0 radical (unpaired) electrons. The van der Waals surface area contributed by atoms with E-state index in [1.54, 1.807) is 0 Å². The minimum Gasteiger partial charge on any atom is -0.391 e. The topological polar surface area (TPSA) is 69.6 Å². The highest BCUT2D eigenvalue weighted by Crippen LogP contribution is 2.12. The van der Waals surface area contributed by atoms with Crippen molar-refractivity contribution in [3.8, 4) is 0 Å². The molecule has 6 heteroatoms. The lowest BCUT2D eigenvalue weighted by molar-refractivity contribution is -0.909. The molecule has 1 aliphatic rings. The van der Waals surface area contributed by atoms with Crippen molar-refractivity contribution in [3.05, 3.63) is 0 Å². The van der Waals surface area contributed by atoms with Crippen molar-refractivity contribution < 1.29 is 19.2 Å². The molecule has 0 aromatic rings. The lowest BCUT2D eigenvalue weighted by atomic mass is 10.1. The van der Waals surface area contributed by atoms with Gasteiger partial charge in [0.2, 0.25) is 11.8 Å². The lowest BCUT2D eigenvalue weighted by Crippen LogP contribution is -2.51. The van der Waals surface area contributed by atoms with Gasteiger partial charge in [-0.3, -0.25) is 9.59 Å². The zero-order chi connectivity index (χ0) is 22.1. The number of hydrogen-bond donors (Lipinski definition) is 2. The molecule has 0 aromatic heterocycles. The van der Waals surface area contributed by atoms with E-state index in [0.29, 0.717) is 25.9 Å². The Morgan fingerprint density at radius 1 is 1.00 bits per heavy atom. The molecule has 2 amide bonds. The van der Waals surface area contributed by atoms with Crippen LogP contribution in [-0.2, 0) is 9.59 Å². The molecule has 0 aromatic carbocycles. The largest absolute Gasteiger partial charge is 0.391 e. The van der Waals surface area contributed by atoms with E-state index in [-0.39, 0.29) is 18.4 Å². The Morgan fingerprint density at radius 3 is 2.27 bits per heavy atom. The predicted molar refractivity (Wildman–Crippen MR) is 123 cm³/mol. The van der Waals surface area contributed by atoms with Crippen LogP contribution in [0.2, 0.25) is 0 Å². The zero-order valence-corrected chi connectivity index (χ0v) is 19.8. The van der Waals surface area contributed by atoms with E-state index >= 15 is 0 Å². The maximum absolute atomic E-state index is 12.0. The third kappa shape index (κ3) is 12.5. The van der Waals surface area contributed by atoms with Gasteiger partial charge in [-0.05, 0) is 12.8 Å². The smallest absolute Gasteiger partial charge is 0.222 e. The van der Waals surface area contributed by atoms with Crippen molar-refractivity contribution in [1.29, 1.82) is 0 Å². The Kier molecular flexibility index (Phi) is 14.8. The van der Waals surface area contributed by atoms with Gasteiger partial charge < -0.3 is 19.8 Å². The second kappa shape index (κ2) is 16.5. The van der Waals surface area contributed by atoms with E-state index in [1.165, 1.54) is 44.9 Å². The van der Waals surface area contributed by atoms with Crippen LogP contribution in [0.15, 0.2) is 0 Å². The monoisotopic (exact) mass is 426 g/mol. The summed E-state index contributed by atoms with van der Waals surface area (Å²) in [5, 5.41) is 12.5. The molecular weight excluding hydrogens is 378 g/mol. The Labute approximate surface area is 185 Å². The van der Waals surface area contributed by atoms with Crippen molar-refractivity contribution in [2.24, 2.45) is 0 Å². The van der Waals surface area contributed by atoms with Gasteiger partial charge in [0.15, 0.2) is 0 Å². The van der Waals surface area contributed by atoms with Crippen molar-refractivity contribution in [3.63, 3.8) is 0 Å². The summed E-state index contributed by atoms with van der Waals surface area (Å²) in [4.78, 5) is 25.8. The minimum absolute atomic E-state index is 0.148. The van der Waals surface area contributed by atoms with E-state index in [1.807, 2.05) is 4.90 Å². The number of carbonyl (C=O) groups is 2. The number of aliphatic hydroxyl groups excluding tert-OH is 1. The fourth-order valence-electron chi connectivity index (χ4n) is 4.25. The summed E-state index contributed by atoms with van der Waals surface area (Å²) in [7, 11) is 2.14. The number of likely N-dealkylation sites (N-methyl/N-ethyl adjacent to an activating group) is 1. The minimum atomic E-state index is 0.148. The molecule has 6 nitrogen and oxygen atoms in total. The van der Waals surface area contributed by atoms with Gasteiger partial charge in [0.05, 0.1) is 33.3 Å². The molecule has 1 unspecified atom stereocenters. The number of quaternary nitrogens is 1. The normalized spacial score (nSPS) is 16.1. The fourth-order valence-corrected chi connectivity index (χ4v) is 4.25. The molecule has 1 rings (SSSR count). The fraction of sp³-hybridized carbons (Fsp3) is 0.917. The number of amides is 2. The van der Waals surface area contributed by atoms with Crippen LogP contribution in [0, 0.1) is 0 Å². The van der Waals surface area contributed by atoms with E-state index in [0.717, 1.165) is 56.3 Å². The van der Waals surface area contributed by atoms with Crippen LogP contribution >= 0.6 is 0 Å². The zero-order valence-electron chi connectivity index (χ0n) is 19.8. The first-order chi connectivity index (χ1) is 14.5. The molecule has 30 heavy (non-hydrogen) atoms. The number of aliphatic hydroxyl groups is 1. The molecule has 176 valence electrons. The summed E-state index contributed by atoms with van der Waals surface area (Å²) in [6.07, 6.45) is 14.6. The van der Waals surface area contributed by atoms with Crippen molar-refractivity contribution >= 4 is 11.8 Å². The van der Waals surface area contributed by atoms with Gasteiger partial charge in [0.25, 0.3) is 0 Å². The average molecular weight is 427 g/mol. The van der Waals surface area contributed by atoms with Crippen LogP contribution in [0.4, 0.5) is 0 Å². The number of carbonyl (C=O) groups excluding carboxylic acids is 2. The molecule has 1 fully saturated rings. The number of nitrogens with one attached hydrogen (secondary N) is 1. The highest BCUT2D eigenvalue weighted by molar-refractivity contribution is 5.78. The highest BCUT2D eigenvalue weighted by Gasteiger charge is 2.26. The third-order valence-corrected chi connectivity index (χ3v) is 6.43. The summed E-state index contributed by atoms with van der Waals surface area (Å²) in [5.74, 6) is 0.422. The molecule has 2 N–H and O–H groups in total. The first-order valence-electron chi connectivity index (χ1n) is 12.5. The Bertz CT molecular complexity index is 473. The number of unbranched alkanes of at least 4 members (excludes halogenated alkanes) is 8. The number of likely N-dealkylation sites (tertiary alicyclic amines) is 1. The van der Waals surface area contributed by atoms with Crippen LogP contribution < -0.4 is 5.32 Å². The van der Waals surface area contributed by atoms with Gasteiger partial charge in [-0.1, -0.05) is 58.3 Å². The molecular formula is C24H48N3O3+. The first-order valence-corrected chi connectivity index (χ1v) is 12.5. The standard InChI is InChI=1S/C24H47N3O3/c1-3-4-5-6-7-8-9-10-11-14-23(29)25-16-13-19-27(2,21-22-28)20-18-26-17-12-15-24(26)30/h28H,3-22H2,1-2H3/p+1. The molecule has 0 saturated carbocycles. The summed E-state index contributed by atoms with van der Waals surface area (Å²) < 4.78 is 0.744. The highest BCUT2D eigenvalue weighted by atomic mass is 16.3. The van der Waals surface area contributed by atoms with E-state index in [4.69, 9.17) is 0 Å². The lowest BCUT2D eigenvalue weighted by Gasteiger charge is -2.35. The van der Waals surface area contributed by atoms with E-state index in [9.17, 15) is 14.7 Å². The van der Waals surface area contributed by atoms with Crippen LogP contribution in [0.1, 0.15) is 90.4 Å². The van der Waals surface area contributed by atoms with Gasteiger partial charge in [0, 0.05) is 32.4 Å². The van der Waals surface area contributed by atoms with Gasteiger partial charge in [-0.15, -0.1) is 0 Å². The Balaban J connectivity index is 2.07. The summed E-state index contributed by atoms with van der Waals surface area (Å²) in [6.45, 7) is 7.17. The maximum atomic E-state index is 12.0. The van der Waals surface area contributed by atoms with Crippen molar-refractivity contribution in [2.75, 3.05) is 52.9 Å². The van der Waals surface area contributed by atoms with Gasteiger partial charge in [-0.2, -0.15) is 0 Å². The van der Waals surface area contributed by atoms with E-state index < -0.39 is 0 Å². The molecule has 1 heterocycles. The second-order valence-corrected chi connectivity index (χ2v) is 9.28. The molecule has 1 aliphatic heterocycles. The summed E-state index contributed by atoms with van der Waals surface area (Å²) in [6, 6.07) is 0. The molecule has 0 spiro atoms. The van der Waals surface area contributed by atoms with Crippen LogP contribution in [0.3, 0.4) is 0 Å². The molecule has 0 aliphatic carbocycles. The molecule has 1 saturated heterocycles. The van der Waals surface area contributed by atoms with Gasteiger partial charge in [-0.25, -0.2) is 0 Å². The van der Waals surface area contributed by atoms with E-state index in [2.05, 4.69) is 19.3 Å². The second-order valence-electron chi connectivity index (χ2n) is 9.28. The number of hydrogen-bond acceptors (Lipinski definition) is 3. The SMILES string of the molecule is CCCCCCCCCCCC(=O)NCCC[N+](C)(CCO)CCN1CCCC1=O. The Hall–Kier alpha value is -1.14. The third-order valence-electron chi connectivity index (χ3n) is 6.43. The van der Waals surface area contributed by atoms with Gasteiger partial charge >= 0.3 is 0 Å². The average Bonchev–Trinajstić information content (AvgIpc) is 3.14. The summed E-state index contributed by atoms with van der Waals surface area (Å²) in [5.41, 5.74) is 0. The predicted octanol–water partition coefficient (Wildman–Crippen LogP) is 3.47. The van der Waals surface area contributed by atoms with Crippen LogP contribution in [-0.4, -0.2) is 79.2 Å². The molecule has 0 bridgehead atoms. The van der Waals surface area contributed by atoms with Crippen LogP contribution in [0.5, 0.6) is 0 Å². The van der Waals surface area contributed by atoms with Crippen molar-refractivity contribution in [2.45, 2.75) is 90.4 Å². The van der Waals surface area contributed by atoms with Crippen LogP contribution in [0.25, 0.3) is 0 Å². The number of nitrogens with zero attached hydrogens (tertiary/aromatic N) is 2. The van der Waals surface area contributed by atoms with Gasteiger partial charge in [0.1, 0.15) is 6.54 Å².